The van der Waals surface area contributed by atoms with Gasteiger partial charge in [-0.15, -0.1) is 0 Å². The van der Waals surface area contributed by atoms with E-state index in [4.69, 9.17) is 0 Å². The molecule has 1 rings (SSSR count). The van der Waals surface area contributed by atoms with E-state index in [1.165, 1.54) is 7.11 Å². The zero-order chi connectivity index (χ0) is 14.3. The van der Waals surface area contributed by atoms with Crippen molar-refractivity contribution >= 4 is 12.0 Å². The molecule has 5 nitrogen and oxygen atoms in total. The molecule has 5 heteroatoms. The first-order valence-corrected chi connectivity index (χ1v) is 6.21. The number of esters is 1. The van der Waals surface area contributed by atoms with Crippen molar-refractivity contribution in [3.63, 3.8) is 0 Å². The van der Waals surface area contributed by atoms with Crippen LogP contribution in [0.4, 0.5) is 4.79 Å². The maximum Gasteiger partial charge on any atom is 0.315 e. The minimum Gasteiger partial charge on any atom is -0.469 e. The first-order valence-electron chi connectivity index (χ1n) is 6.21. The van der Waals surface area contributed by atoms with Gasteiger partial charge in [-0.3, -0.25) is 4.79 Å². The molecule has 0 aliphatic rings. The first-order chi connectivity index (χ1) is 9.02. The van der Waals surface area contributed by atoms with Gasteiger partial charge in [0.1, 0.15) is 0 Å². The van der Waals surface area contributed by atoms with Crippen molar-refractivity contribution in [2.45, 2.75) is 32.4 Å². The molecule has 0 saturated carbocycles. The quantitative estimate of drug-likeness (QED) is 0.799. The van der Waals surface area contributed by atoms with E-state index < -0.39 is 6.04 Å². The highest BCUT2D eigenvalue weighted by Gasteiger charge is 2.18. The van der Waals surface area contributed by atoms with Crippen LogP contribution < -0.4 is 10.6 Å². The van der Waals surface area contributed by atoms with Gasteiger partial charge in [0.15, 0.2) is 0 Å². The lowest BCUT2D eigenvalue weighted by atomic mass is 10.0. The lowest BCUT2D eigenvalue weighted by Gasteiger charge is -2.19. The van der Waals surface area contributed by atoms with Crippen molar-refractivity contribution in [2.24, 2.45) is 0 Å². The van der Waals surface area contributed by atoms with E-state index in [2.05, 4.69) is 15.4 Å². The maximum absolute atomic E-state index is 11.7. The molecule has 19 heavy (non-hydrogen) atoms. The van der Waals surface area contributed by atoms with E-state index in [1.807, 2.05) is 44.2 Å². The minimum atomic E-state index is -0.396. The smallest absolute Gasteiger partial charge is 0.315 e. The summed E-state index contributed by atoms with van der Waals surface area (Å²) in [4.78, 5) is 23.1. The molecule has 0 aliphatic heterocycles. The Morgan fingerprint density at radius 1 is 1.16 bits per heavy atom. The standard InChI is InChI=1S/C14H20N2O3/c1-10(2)15-14(18)16-12(9-13(17)19-3)11-7-5-4-6-8-11/h4-8,10,12H,9H2,1-3H3,(H2,15,16,18)/t12-/m0/s1. The Labute approximate surface area is 113 Å². The second-order valence-electron chi connectivity index (χ2n) is 4.52. The Balaban J connectivity index is 2.75. The van der Waals surface area contributed by atoms with Gasteiger partial charge in [0.2, 0.25) is 0 Å². The zero-order valence-electron chi connectivity index (χ0n) is 11.5. The third-order valence-corrected chi connectivity index (χ3v) is 2.53. The van der Waals surface area contributed by atoms with Gasteiger partial charge < -0.3 is 15.4 Å². The number of carbonyl (C=O) groups is 2. The molecule has 0 aliphatic carbocycles. The van der Waals surface area contributed by atoms with Crippen LogP contribution in [-0.4, -0.2) is 25.2 Å². The lowest BCUT2D eigenvalue weighted by molar-refractivity contribution is -0.141. The van der Waals surface area contributed by atoms with Crippen LogP contribution >= 0.6 is 0 Å². The van der Waals surface area contributed by atoms with Crippen LogP contribution in [0.15, 0.2) is 30.3 Å². The number of hydrogen-bond donors (Lipinski definition) is 2. The Morgan fingerprint density at radius 2 is 1.79 bits per heavy atom. The molecule has 1 aromatic carbocycles. The summed E-state index contributed by atoms with van der Waals surface area (Å²) in [6, 6.07) is 8.68. The van der Waals surface area contributed by atoms with Crippen LogP contribution in [-0.2, 0) is 9.53 Å². The highest BCUT2D eigenvalue weighted by Crippen LogP contribution is 2.16. The Bertz CT molecular complexity index is 418. The summed E-state index contributed by atoms with van der Waals surface area (Å²) in [6.07, 6.45) is 0.103. The molecule has 1 atom stereocenters. The highest BCUT2D eigenvalue weighted by atomic mass is 16.5. The summed E-state index contributed by atoms with van der Waals surface area (Å²) in [7, 11) is 1.33. The monoisotopic (exact) mass is 264 g/mol. The number of benzene rings is 1. The fourth-order valence-corrected chi connectivity index (χ4v) is 1.65. The average Bonchev–Trinajstić information content (AvgIpc) is 2.37. The van der Waals surface area contributed by atoms with E-state index in [0.29, 0.717) is 0 Å². The molecule has 0 spiro atoms. The summed E-state index contributed by atoms with van der Waals surface area (Å²) >= 11 is 0. The molecule has 0 heterocycles. The van der Waals surface area contributed by atoms with Crippen molar-refractivity contribution in [3.05, 3.63) is 35.9 Å². The van der Waals surface area contributed by atoms with Gasteiger partial charge in [-0.1, -0.05) is 30.3 Å². The van der Waals surface area contributed by atoms with Crippen LogP contribution in [0.3, 0.4) is 0 Å². The molecule has 0 fully saturated rings. The first kappa shape index (κ1) is 15.0. The van der Waals surface area contributed by atoms with Gasteiger partial charge >= 0.3 is 12.0 Å². The molecule has 0 bridgehead atoms. The molecular formula is C14H20N2O3. The predicted octanol–water partition coefficient (Wildman–Crippen LogP) is 2.00. The number of ether oxygens (including phenoxy) is 1. The third-order valence-electron chi connectivity index (χ3n) is 2.53. The van der Waals surface area contributed by atoms with Crippen molar-refractivity contribution in [1.82, 2.24) is 10.6 Å². The molecule has 1 aromatic rings. The minimum absolute atomic E-state index is 0.0366. The summed E-state index contributed by atoms with van der Waals surface area (Å²) in [5, 5.41) is 5.51. The van der Waals surface area contributed by atoms with Gasteiger partial charge in [-0.25, -0.2) is 4.79 Å². The molecule has 0 unspecified atom stereocenters. The Morgan fingerprint density at radius 3 is 2.32 bits per heavy atom. The largest absolute Gasteiger partial charge is 0.469 e. The highest BCUT2D eigenvalue weighted by molar-refractivity contribution is 5.76. The summed E-state index contributed by atoms with van der Waals surface area (Å²) in [5.41, 5.74) is 0.867. The number of carbonyl (C=O) groups excluding carboxylic acids is 2. The van der Waals surface area contributed by atoms with E-state index in [-0.39, 0.29) is 24.5 Å². The molecule has 0 saturated heterocycles. The van der Waals surface area contributed by atoms with Crippen molar-refractivity contribution in [2.75, 3.05) is 7.11 Å². The van der Waals surface area contributed by atoms with Crippen LogP contribution in [0, 0.1) is 0 Å². The summed E-state index contributed by atoms with van der Waals surface area (Å²) in [6.45, 7) is 3.74. The number of nitrogens with one attached hydrogen (secondary N) is 2. The molecule has 0 aromatic heterocycles. The number of rotatable bonds is 5. The van der Waals surface area contributed by atoms with E-state index in [1.54, 1.807) is 0 Å². The molecule has 0 radical (unpaired) electrons. The van der Waals surface area contributed by atoms with Gasteiger partial charge in [0.05, 0.1) is 19.6 Å². The fraction of sp³-hybridized carbons (Fsp3) is 0.429. The molecule has 2 N–H and O–H groups in total. The van der Waals surface area contributed by atoms with E-state index in [0.717, 1.165) is 5.56 Å². The van der Waals surface area contributed by atoms with Crippen LogP contribution in [0.1, 0.15) is 31.9 Å². The molecular weight excluding hydrogens is 244 g/mol. The third kappa shape index (κ3) is 5.42. The zero-order valence-corrected chi connectivity index (χ0v) is 11.5. The Kier molecular flexibility index (Phi) is 5.85. The SMILES string of the molecule is COC(=O)C[C@H](NC(=O)NC(C)C)c1ccccc1. The van der Waals surface area contributed by atoms with E-state index >= 15 is 0 Å². The van der Waals surface area contributed by atoms with Gasteiger partial charge in [-0.05, 0) is 19.4 Å². The number of amides is 2. The van der Waals surface area contributed by atoms with Crippen molar-refractivity contribution in [3.8, 4) is 0 Å². The average molecular weight is 264 g/mol. The maximum atomic E-state index is 11.7. The fourth-order valence-electron chi connectivity index (χ4n) is 1.65. The topological polar surface area (TPSA) is 67.4 Å². The second-order valence-corrected chi connectivity index (χ2v) is 4.52. The number of hydrogen-bond acceptors (Lipinski definition) is 3. The molecule has 104 valence electrons. The number of methoxy groups -OCH3 is 1. The van der Waals surface area contributed by atoms with Crippen molar-refractivity contribution in [1.29, 1.82) is 0 Å². The van der Waals surface area contributed by atoms with Crippen LogP contribution in [0.25, 0.3) is 0 Å². The van der Waals surface area contributed by atoms with E-state index in [9.17, 15) is 9.59 Å². The predicted molar refractivity (Wildman–Crippen MR) is 72.6 cm³/mol. The van der Waals surface area contributed by atoms with Crippen molar-refractivity contribution < 1.29 is 14.3 Å². The van der Waals surface area contributed by atoms with Gasteiger partial charge in [0, 0.05) is 6.04 Å². The summed E-state index contributed by atoms with van der Waals surface area (Å²) in [5.74, 6) is -0.362. The lowest BCUT2D eigenvalue weighted by Crippen LogP contribution is -2.41. The second kappa shape index (κ2) is 7.41. The normalized spacial score (nSPS) is 11.8. The molecule has 2 amide bonds. The number of urea groups is 1. The van der Waals surface area contributed by atoms with Gasteiger partial charge in [-0.2, -0.15) is 0 Å². The Hall–Kier alpha value is -2.04. The van der Waals surface area contributed by atoms with Crippen LogP contribution in [0.2, 0.25) is 0 Å². The van der Waals surface area contributed by atoms with Gasteiger partial charge in [0.25, 0.3) is 0 Å². The van der Waals surface area contributed by atoms with Crippen LogP contribution in [0.5, 0.6) is 0 Å². The summed E-state index contributed by atoms with van der Waals surface area (Å²) < 4.78 is 4.65.